The second-order valence-corrected chi connectivity index (χ2v) is 7.87. The number of ether oxygens (including phenoxy) is 1. The minimum absolute atomic E-state index is 0.00282. The molecule has 0 spiro atoms. The van der Waals surface area contributed by atoms with Crippen molar-refractivity contribution in [3.63, 3.8) is 0 Å². The highest BCUT2D eigenvalue weighted by Crippen LogP contribution is 2.42. The normalized spacial score (nSPS) is 23.1. The Morgan fingerprint density at radius 2 is 2.04 bits per heavy atom. The van der Waals surface area contributed by atoms with E-state index in [2.05, 4.69) is 10.2 Å². The largest absolute Gasteiger partial charge is 0.460 e. The van der Waals surface area contributed by atoms with Gasteiger partial charge in [0, 0.05) is 36.5 Å². The summed E-state index contributed by atoms with van der Waals surface area (Å²) in [6.45, 7) is 4.48. The minimum atomic E-state index is -0.220. The predicted octanol–water partition coefficient (Wildman–Crippen LogP) is 2.93. The molecule has 132 valence electrons. The molecule has 2 fully saturated rings. The third kappa shape index (κ3) is 3.97. The lowest BCUT2D eigenvalue weighted by atomic mass is 9.95. The van der Waals surface area contributed by atoms with Crippen molar-refractivity contribution in [2.24, 2.45) is 0 Å². The average molecular weight is 350 g/mol. The second-order valence-electron chi connectivity index (χ2n) is 6.91. The van der Waals surface area contributed by atoms with Crippen molar-refractivity contribution < 1.29 is 14.3 Å². The van der Waals surface area contributed by atoms with Crippen molar-refractivity contribution in [1.29, 1.82) is 0 Å². The molecule has 0 bridgehead atoms. The molecule has 2 aliphatic heterocycles. The van der Waals surface area contributed by atoms with Gasteiger partial charge in [-0.2, -0.15) is 0 Å². The molecule has 0 radical (unpaired) electrons. The van der Waals surface area contributed by atoms with Crippen LogP contribution in [-0.4, -0.2) is 41.2 Å². The summed E-state index contributed by atoms with van der Waals surface area (Å²) in [5.74, 6) is 0.520. The fraction of sp³-hybridized carbons (Fsp3) is 0.667. The van der Waals surface area contributed by atoms with Gasteiger partial charge in [-0.3, -0.25) is 4.79 Å². The van der Waals surface area contributed by atoms with E-state index in [1.807, 2.05) is 13.8 Å². The number of amides is 1. The van der Waals surface area contributed by atoms with Crippen LogP contribution in [0.5, 0.6) is 0 Å². The van der Waals surface area contributed by atoms with Crippen LogP contribution >= 0.6 is 11.8 Å². The fourth-order valence-electron chi connectivity index (χ4n) is 3.49. The molecule has 0 unspecified atom stereocenters. The Hall–Kier alpha value is -1.43. The van der Waals surface area contributed by atoms with Crippen LogP contribution in [0.15, 0.2) is 22.4 Å². The Morgan fingerprint density at radius 3 is 2.75 bits per heavy atom. The Kier molecular flexibility index (Phi) is 5.54. The number of esters is 1. The first-order valence-corrected chi connectivity index (χ1v) is 9.88. The lowest BCUT2D eigenvalue weighted by Crippen LogP contribution is -2.35. The Labute approximate surface area is 147 Å². The van der Waals surface area contributed by atoms with E-state index in [4.69, 9.17) is 4.74 Å². The SMILES string of the molecule is CC(C)OC(=O)C1=C2SCC(=CC(=O)NC3CCCCC3)N2CC1. The van der Waals surface area contributed by atoms with Crippen LogP contribution in [0.3, 0.4) is 0 Å². The van der Waals surface area contributed by atoms with Crippen LogP contribution < -0.4 is 5.32 Å². The summed E-state index contributed by atoms with van der Waals surface area (Å²) in [4.78, 5) is 26.6. The molecule has 0 aromatic carbocycles. The first kappa shape index (κ1) is 17.4. The van der Waals surface area contributed by atoms with Crippen molar-refractivity contribution in [1.82, 2.24) is 10.2 Å². The van der Waals surface area contributed by atoms with E-state index in [-0.39, 0.29) is 18.0 Å². The summed E-state index contributed by atoms with van der Waals surface area (Å²) < 4.78 is 5.32. The molecule has 2 heterocycles. The quantitative estimate of drug-likeness (QED) is 0.624. The van der Waals surface area contributed by atoms with Gasteiger partial charge in [-0.15, -0.1) is 11.8 Å². The van der Waals surface area contributed by atoms with Gasteiger partial charge in [0.2, 0.25) is 5.91 Å². The summed E-state index contributed by atoms with van der Waals surface area (Å²) in [7, 11) is 0. The van der Waals surface area contributed by atoms with Gasteiger partial charge in [0.05, 0.1) is 16.7 Å². The maximum atomic E-state index is 12.3. The Morgan fingerprint density at radius 1 is 1.29 bits per heavy atom. The molecule has 0 aromatic heterocycles. The maximum absolute atomic E-state index is 12.3. The van der Waals surface area contributed by atoms with Crippen molar-refractivity contribution in [2.75, 3.05) is 12.3 Å². The molecule has 6 heteroatoms. The number of hydrogen-bond acceptors (Lipinski definition) is 5. The highest BCUT2D eigenvalue weighted by atomic mass is 32.2. The standard InChI is InChI=1S/C18H26N2O3S/c1-12(2)23-18(22)15-8-9-20-14(11-24-17(15)20)10-16(21)19-13-6-4-3-5-7-13/h10,12-13H,3-9,11H2,1-2H3,(H,19,21). The van der Waals surface area contributed by atoms with Crippen molar-refractivity contribution in [3.05, 3.63) is 22.4 Å². The van der Waals surface area contributed by atoms with Crippen molar-refractivity contribution in [3.8, 4) is 0 Å². The number of hydrogen-bond donors (Lipinski definition) is 1. The van der Waals surface area contributed by atoms with Crippen LogP contribution in [0.2, 0.25) is 0 Å². The number of nitrogens with one attached hydrogen (secondary N) is 1. The smallest absolute Gasteiger partial charge is 0.336 e. The molecule has 1 amide bonds. The fourth-order valence-corrected chi connectivity index (χ4v) is 4.74. The Bertz CT molecular complexity index is 577. The van der Waals surface area contributed by atoms with Crippen LogP contribution in [0.4, 0.5) is 0 Å². The van der Waals surface area contributed by atoms with E-state index in [0.29, 0.717) is 12.5 Å². The van der Waals surface area contributed by atoms with Crippen LogP contribution in [-0.2, 0) is 14.3 Å². The molecule has 1 N–H and O–H groups in total. The van der Waals surface area contributed by atoms with E-state index < -0.39 is 0 Å². The van der Waals surface area contributed by atoms with Gasteiger partial charge in [-0.1, -0.05) is 19.3 Å². The van der Waals surface area contributed by atoms with E-state index in [0.717, 1.165) is 41.4 Å². The lowest BCUT2D eigenvalue weighted by molar-refractivity contribution is -0.142. The summed E-state index contributed by atoms with van der Waals surface area (Å²) >= 11 is 1.63. The van der Waals surface area contributed by atoms with Gasteiger partial charge >= 0.3 is 5.97 Å². The zero-order valence-electron chi connectivity index (χ0n) is 14.5. The van der Waals surface area contributed by atoms with Gasteiger partial charge < -0.3 is 15.0 Å². The van der Waals surface area contributed by atoms with Gasteiger partial charge in [0.1, 0.15) is 0 Å². The first-order valence-electron chi connectivity index (χ1n) is 8.90. The van der Waals surface area contributed by atoms with Crippen LogP contribution in [0, 0.1) is 0 Å². The molecule has 1 aliphatic carbocycles. The summed E-state index contributed by atoms with van der Waals surface area (Å²) in [6, 6.07) is 0.322. The molecular weight excluding hydrogens is 324 g/mol. The molecule has 1 saturated heterocycles. The second kappa shape index (κ2) is 7.64. The zero-order valence-corrected chi connectivity index (χ0v) is 15.3. The zero-order chi connectivity index (χ0) is 17.1. The molecule has 3 aliphatic rings. The van der Waals surface area contributed by atoms with E-state index >= 15 is 0 Å². The summed E-state index contributed by atoms with van der Waals surface area (Å²) in [5, 5.41) is 4.10. The Balaban J connectivity index is 1.63. The van der Waals surface area contributed by atoms with Gasteiger partial charge in [-0.25, -0.2) is 4.79 Å². The summed E-state index contributed by atoms with van der Waals surface area (Å²) in [5.41, 5.74) is 1.75. The topological polar surface area (TPSA) is 58.6 Å². The number of fused-ring (bicyclic) bond motifs is 1. The summed E-state index contributed by atoms with van der Waals surface area (Å²) in [6.07, 6.45) is 8.16. The highest BCUT2D eigenvalue weighted by molar-refractivity contribution is 8.03. The minimum Gasteiger partial charge on any atom is -0.460 e. The van der Waals surface area contributed by atoms with Crippen LogP contribution in [0.1, 0.15) is 52.4 Å². The molecule has 5 nitrogen and oxygen atoms in total. The number of rotatable bonds is 4. The van der Waals surface area contributed by atoms with Gasteiger partial charge in [0.15, 0.2) is 0 Å². The van der Waals surface area contributed by atoms with Crippen molar-refractivity contribution in [2.45, 2.75) is 64.5 Å². The van der Waals surface area contributed by atoms with E-state index in [1.54, 1.807) is 17.8 Å². The van der Waals surface area contributed by atoms with Crippen molar-refractivity contribution >= 4 is 23.6 Å². The van der Waals surface area contributed by atoms with E-state index in [9.17, 15) is 9.59 Å². The third-order valence-corrected chi connectivity index (χ3v) is 5.81. The number of carbonyl (C=O) groups is 2. The molecule has 24 heavy (non-hydrogen) atoms. The number of thioether (sulfide) groups is 1. The van der Waals surface area contributed by atoms with Crippen LogP contribution in [0.25, 0.3) is 0 Å². The molecule has 0 atom stereocenters. The van der Waals surface area contributed by atoms with Gasteiger partial charge in [-0.05, 0) is 26.7 Å². The highest BCUT2D eigenvalue weighted by Gasteiger charge is 2.35. The lowest BCUT2D eigenvalue weighted by Gasteiger charge is -2.22. The number of nitrogens with zero attached hydrogens (tertiary/aromatic N) is 1. The molecule has 0 aromatic rings. The predicted molar refractivity (Wildman–Crippen MR) is 95.1 cm³/mol. The maximum Gasteiger partial charge on any atom is 0.336 e. The third-order valence-electron chi connectivity index (χ3n) is 4.63. The first-order chi connectivity index (χ1) is 11.5. The van der Waals surface area contributed by atoms with E-state index in [1.165, 1.54) is 19.3 Å². The monoisotopic (exact) mass is 350 g/mol. The number of carbonyl (C=O) groups excluding carboxylic acids is 2. The molecule has 3 rings (SSSR count). The average Bonchev–Trinajstić information content (AvgIpc) is 3.10. The van der Waals surface area contributed by atoms with Gasteiger partial charge in [0.25, 0.3) is 0 Å². The molecule has 1 saturated carbocycles. The molecular formula is C18H26N2O3S.